The van der Waals surface area contributed by atoms with Gasteiger partial charge in [-0.25, -0.2) is 0 Å². The topological polar surface area (TPSA) is 68.0 Å². The lowest BCUT2D eigenvalue weighted by molar-refractivity contribution is -0.115. The van der Waals surface area contributed by atoms with Gasteiger partial charge in [0.1, 0.15) is 0 Å². The molecule has 4 heteroatoms. The summed E-state index contributed by atoms with van der Waals surface area (Å²) < 4.78 is 0. The predicted molar refractivity (Wildman–Crippen MR) is 86.0 cm³/mol. The van der Waals surface area contributed by atoms with Crippen molar-refractivity contribution in [2.24, 2.45) is 0 Å². The van der Waals surface area contributed by atoms with Crippen molar-refractivity contribution in [1.29, 1.82) is 0 Å². The maximum atomic E-state index is 11.9. The van der Waals surface area contributed by atoms with Crippen LogP contribution in [0.5, 0.6) is 0 Å². The van der Waals surface area contributed by atoms with Crippen LogP contribution in [0.15, 0.2) is 42.6 Å². The van der Waals surface area contributed by atoms with E-state index in [0.717, 1.165) is 12.1 Å². The summed E-state index contributed by atoms with van der Waals surface area (Å²) in [6.45, 7) is 2.18. The maximum absolute atomic E-state index is 11.9. The third kappa shape index (κ3) is 4.91. The number of nitrogens with one attached hydrogen (secondary N) is 1. The highest BCUT2D eigenvalue weighted by Gasteiger charge is 2.05. The molecule has 21 heavy (non-hydrogen) atoms. The number of pyridine rings is 1. The van der Waals surface area contributed by atoms with Gasteiger partial charge in [-0.1, -0.05) is 25.5 Å². The second-order valence-corrected chi connectivity index (χ2v) is 5.11. The molecule has 0 bridgehead atoms. The van der Waals surface area contributed by atoms with Crippen molar-refractivity contribution in [3.05, 3.63) is 53.9 Å². The van der Waals surface area contributed by atoms with Gasteiger partial charge in [-0.15, -0.1) is 0 Å². The van der Waals surface area contributed by atoms with E-state index in [-0.39, 0.29) is 12.3 Å². The fourth-order valence-corrected chi connectivity index (χ4v) is 2.05. The number of aryl methyl sites for hydroxylation is 1. The number of nitrogens with two attached hydrogens (primary N) is 1. The number of amides is 1. The number of anilines is 2. The Labute approximate surface area is 125 Å². The highest BCUT2D eigenvalue weighted by atomic mass is 16.1. The summed E-state index contributed by atoms with van der Waals surface area (Å²) in [6.07, 6.45) is 5.27. The molecule has 0 radical (unpaired) electrons. The van der Waals surface area contributed by atoms with E-state index < -0.39 is 0 Å². The molecule has 0 aliphatic rings. The Morgan fingerprint density at radius 3 is 2.57 bits per heavy atom. The summed E-state index contributed by atoms with van der Waals surface area (Å²) in [4.78, 5) is 16.1. The molecule has 0 aliphatic carbocycles. The molecular formula is C17H21N3O. The smallest absolute Gasteiger partial charge is 0.230 e. The molecule has 1 aromatic heterocycles. The van der Waals surface area contributed by atoms with Crippen molar-refractivity contribution in [1.82, 2.24) is 4.98 Å². The predicted octanol–water partition coefficient (Wildman–Crippen LogP) is 3.19. The Balaban J connectivity index is 1.88. The molecule has 110 valence electrons. The lowest BCUT2D eigenvalue weighted by atomic mass is 10.1. The largest absolute Gasteiger partial charge is 0.397 e. The van der Waals surface area contributed by atoms with Crippen LogP contribution in [0.1, 0.15) is 31.0 Å². The van der Waals surface area contributed by atoms with Gasteiger partial charge in [-0.2, -0.15) is 0 Å². The summed E-state index contributed by atoms with van der Waals surface area (Å²) in [5.41, 5.74) is 8.99. The molecule has 2 rings (SSSR count). The number of hydrogen-bond donors (Lipinski definition) is 2. The van der Waals surface area contributed by atoms with Crippen molar-refractivity contribution in [3.8, 4) is 0 Å². The number of hydrogen-bond acceptors (Lipinski definition) is 3. The second kappa shape index (κ2) is 7.43. The molecule has 1 heterocycles. The molecule has 0 fully saturated rings. The Kier molecular flexibility index (Phi) is 5.32. The van der Waals surface area contributed by atoms with Gasteiger partial charge in [-0.3, -0.25) is 9.78 Å². The minimum atomic E-state index is -0.0754. The van der Waals surface area contributed by atoms with Crippen LogP contribution in [0, 0.1) is 0 Å². The minimum Gasteiger partial charge on any atom is -0.397 e. The highest BCUT2D eigenvalue weighted by molar-refractivity contribution is 5.92. The van der Waals surface area contributed by atoms with Crippen LogP contribution in [0.25, 0.3) is 0 Å². The van der Waals surface area contributed by atoms with Gasteiger partial charge in [0.25, 0.3) is 0 Å². The number of carbonyl (C=O) groups is 1. The zero-order valence-corrected chi connectivity index (χ0v) is 12.3. The van der Waals surface area contributed by atoms with Gasteiger partial charge < -0.3 is 11.1 Å². The molecule has 0 spiro atoms. The third-order valence-corrected chi connectivity index (χ3v) is 3.25. The number of rotatable bonds is 6. The number of aromatic nitrogens is 1. The van der Waals surface area contributed by atoms with Gasteiger partial charge in [0.2, 0.25) is 5.91 Å². The minimum absolute atomic E-state index is 0.0754. The zero-order chi connectivity index (χ0) is 15.1. The molecule has 0 unspecified atom stereocenters. The van der Waals surface area contributed by atoms with E-state index in [0.29, 0.717) is 11.4 Å². The third-order valence-electron chi connectivity index (χ3n) is 3.25. The van der Waals surface area contributed by atoms with Crippen molar-refractivity contribution < 1.29 is 4.79 Å². The first-order valence-corrected chi connectivity index (χ1v) is 7.26. The molecule has 0 aliphatic heterocycles. The quantitative estimate of drug-likeness (QED) is 0.855. The average molecular weight is 283 g/mol. The van der Waals surface area contributed by atoms with E-state index in [1.165, 1.54) is 18.4 Å². The van der Waals surface area contributed by atoms with Gasteiger partial charge in [-0.05, 0) is 42.7 Å². The van der Waals surface area contributed by atoms with Crippen LogP contribution in [0.3, 0.4) is 0 Å². The van der Waals surface area contributed by atoms with Crippen LogP contribution < -0.4 is 11.1 Å². The first-order chi connectivity index (χ1) is 10.2. The van der Waals surface area contributed by atoms with Crippen LogP contribution >= 0.6 is 0 Å². The molecule has 4 nitrogen and oxygen atoms in total. The Morgan fingerprint density at radius 2 is 1.95 bits per heavy atom. The van der Waals surface area contributed by atoms with Crippen LogP contribution in [-0.4, -0.2) is 10.9 Å². The number of carbonyl (C=O) groups excluding carboxylic acids is 1. The SMILES string of the molecule is CCCCc1ccc(NC(=O)Cc2ccc(N)cn2)cc1. The molecule has 0 saturated carbocycles. The maximum Gasteiger partial charge on any atom is 0.230 e. The molecule has 1 amide bonds. The molecule has 0 saturated heterocycles. The number of nitrogen functional groups attached to an aromatic ring is 1. The number of unbranched alkanes of at least 4 members (excludes halogenated alkanes) is 1. The second-order valence-electron chi connectivity index (χ2n) is 5.11. The summed E-state index contributed by atoms with van der Waals surface area (Å²) in [5, 5.41) is 2.88. The molecule has 0 atom stereocenters. The summed E-state index contributed by atoms with van der Waals surface area (Å²) >= 11 is 0. The molecule has 2 aromatic rings. The van der Waals surface area contributed by atoms with E-state index in [1.54, 1.807) is 18.3 Å². The van der Waals surface area contributed by atoms with Crippen molar-refractivity contribution in [3.63, 3.8) is 0 Å². The summed E-state index contributed by atoms with van der Waals surface area (Å²) in [5.74, 6) is -0.0754. The molecular weight excluding hydrogens is 262 g/mol. The van der Waals surface area contributed by atoms with E-state index in [1.807, 2.05) is 12.1 Å². The normalized spacial score (nSPS) is 10.3. The highest BCUT2D eigenvalue weighted by Crippen LogP contribution is 2.12. The van der Waals surface area contributed by atoms with Crippen LogP contribution in [0.2, 0.25) is 0 Å². The summed E-state index contributed by atoms with van der Waals surface area (Å²) in [7, 11) is 0. The van der Waals surface area contributed by atoms with Crippen molar-refractivity contribution >= 4 is 17.3 Å². The molecule has 3 N–H and O–H groups in total. The van der Waals surface area contributed by atoms with E-state index >= 15 is 0 Å². The Bertz CT molecular complexity index is 576. The lowest BCUT2D eigenvalue weighted by Crippen LogP contribution is -2.15. The number of benzene rings is 1. The van der Waals surface area contributed by atoms with Gasteiger partial charge >= 0.3 is 0 Å². The fourth-order valence-electron chi connectivity index (χ4n) is 2.05. The van der Waals surface area contributed by atoms with Gasteiger partial charge in [0.15, 0.2) is 0 Å². The zero-order valence-electron chi connectivity index (χ0n) is 12.3. The van der Waals surface area contributed by atoms with E-state index in [2.05, 4.69) is 29.4 Å². The lowest BCUT2D eigenvalue weighted by Gasteiger charge is -2.06. The van der Waals surface area contributed by atoms with Crippen LogP contribution in [-0.2, 0) is 17.6 Å². The van der Waals surface area contributed by atoms with E-state index in [4.69, 9.17) is 5.73 Å². The monoisotopic (exact) mass is 283 g/mol. The standard InChI is InChI=1S/C17H21N3O/c1-2-3-4-13-5-8-15(9-6-13)20-17(21)11-16-10-7-14(18)12-19-16/h5-10,12H,2-4,11,18H2,1H3,(H,20,21). The number of nitrogens with zero attached hydrogens (tertiary/aromatic N) is 1. The average Bonchev–Trinajstić information content (AvgIpc) is 2.49. The van der Waals surface area contributed by atoms with Gasteiger partial charge in [0.05, 0.1) is 18.3 Å². The fraction of sp³-hybridized carbons (Fsp3) is 0.294. The summed E-state index contributed by atoms with van der Waals surface area (Å²) in [6, 6.07) is 11.5. The van der Waals surface area contributed by atoms with Gasteiger partial charge in [0, 0.05) is 11.4 Å². The Hall–Kier alpha value is -2.36. The Morgan fingerprint density at radius 1 is 1.19 bits per heavy atom. The van der Waals surface area contributed by atoms with Crippen molar-refractivity contribution in [2.75, 3.05) is 11.1 Å². The first-order valence-electron chi connectivity index (χ1n) is 7.26. The molecule has 1 aromatic carbocycles. The first kappa shape index (κ1) is 15.0. The van der Waals surface area contributed by atoms with Crippen LogP contribution in [0.4, 0.5) is 11.4 Å². The van der Waals surface area contributed by atoms with Crippen molar-refractivity contribution in [2.45, 2.75) is 32.6 Å². The van der Waals surface area contributed by atoms with E-state index in [9.17, 15) is 4.79 Å².